The molecule has 0 saturated carbocycles. The number of carbonyl (C=O) groups is 2. The van der Waals surface area contributed by atoms with E-state index < -0.39 is 6.16 Å². The van der Waals surface area contributed by atoms with Gasteiger partial charge < -0.3 is 25.0 Å². The lowest BCUT2D eigenvalue weighted by molar-refractivity contribution is -0.110. The molecule has 0 unspecified atom stereocenters. The fourth-order valence-electron chi connectivity index (χ4n) is 3.74. The molecule has 0 spiro atoms. The number of ether oxygens (including phenoxy) is 2. The van der Waals surface area contributed by atoms with Crippen LogP contribution >= 0.6 is 0 Å². The second-order valence-electron chi connectivity index (χ2n) is 7.90. The summed E-state index contributed by atoms with van der Waals surface area (Å²) in [7, 11) is 5.28. The third-order valence-electron chi connectivity index (χ3n) is 5.11. The van der Waals surface area contributed by atoms with Crippen molar-refractivity contribution in [1.29, 1.82) is 0 Å². The van der Waals surface area contributed by atoms with Crippen LogP contribution in [0.5, 0.6) is 5.75 Å². The molecule has 1 aliphatic heterocycles. The number of carbonyl (C=O) groups excluding carboxylic acids is 2. The third-order valence-corrected chi connectivity index (χ3v) is 5.11. The normalized spacial score (nSPS) is 13.9. The van der Waals surface area contributed by atoms with Crippen LogP contribution in [0.25, 0.3) is 11.3 Å². The Kier molecular flexibility index (Phi) is 6.42. The average molecular weight is 444 g/mol. The molecule has 1 aliphatic rings. The molecule has 7 nitrogen and oxygen atoms in total. The smallest absolute Gasteiger partial charge is 0.437 e. The van der Waals surface area contributed by atoms with Crippen molar-refractivity contribution < 1.29 is 19.1 Å². The predicted octanol–water partition coefficient (Wildman–Crippen LogP) is 4.83. The van der Waals surface area contributed by atoms with Crippen molar-refractivity contribution in [3.05, 3.63) is 89.5 Å². The van der Waals surface area contributed by atoms with Gasteiger partial charge in [0.15, 0.2) is 0 Å². The summed E-state index contributed by atoms with van der Waals surface area (Å²) in [5.74, 6) is 0.0472. The first-order chi connectivity index (χ1) is 15.9. The van der Waals surface area contributed by atoms with E-state index >= 15 is 0 Å². The summed E-state index contributed by atoms with van der Waals surface area (Å²) < 4.78 is 9.77. The Balaban J connectivity index is 1.82. The lowest BCUT2D eigenvalue weighted by Gasteiger charge is -2.16. The highest BCUT2D eigenvalue weighted by atomic mass is 16.7. The maximum Gasteiger partial charge on any atom is 0.513 e. The summed E-state index contributed by atoms with van der Waals surface area (Å²) in [6.07, 6.45) is -0.822. The first kappa shape index (κ1) is 22.1. The first-order valence-corrected chi connectivity index (χ1v) is 10.5. The van der Waals surface area contributed by atoms with Crippen LogP contribution in [0.4, 0.5) is 16.2 Å². The maximum atomic E-state index is 13.1. The Morgan fingerprint density at radius 2 is 1.79 bits per heavy atom. The number of fused-ring (bicyclic) bond motifs is 1. The van der Waals surface area contributed by atoms with Gasteiger partial charge in [-0.3, -0.25) is 4.79 Å². The molecule has 168 valence electrons. The summed E-state index contributed by atoms with van der Waals surface area (Å²) in [5, 5.41) is 6.36. The fourth-order valence-corrected chi connectivity index (χ4v) is 3.74. The van der Waals surface area contributed by atoms with Crippen LogP contribution in [0.2, 0.25) is 0 Å². The zero-order valence-electron chi connectivity index (χ0n) is 18.7. The van der Waals surface area contributed by atoms with Crippen LogP contribution in [0.15, 0.2) is 72.8 Å². The second-order valence-corrected chi connectivity index (χ2v) is 7.90. The van der Waals surface area contributed by atoms with Crippen LogP contribution < -0.4 is 15.4 Å². The lowest BCUT2D eigenvalue weighted by atomic mass is 9.99. The molecule has 2 N–H and O–H groups in total. The quantitative estimate of drug-likeness (QED) is 0.323. The number of amides is 1. The Morgan fingerprint density at radius 3 is 2.52 bits per heavy atom. The van der Waals surface area contributed by atoms with Gasteiger partial charge in [0.2, 0.25) is 0 Å². The van der Waals surface area contributed by atoms with Gasteiger partial charge in [-0.2, -0.15) is 0 Å². The Bertz CT molecular complexity index is 1220. The minimum Gasteiger partial charge on any atom is -0.437 e. The summed E-state index contributed by atoms with van der Waals surface area (Å²) >= 11 is 0. The Labute approximate surface area is 192 Å². The highest BCUT2D eigenvalue weighted by Gasteiger charge is 2.29. The van der Waals surface area contributed by atoms with Crippen molar-refractivity contribution in [3.8, 4) is 5.75 Å². The van der Waals surface area contributed by atoms with Crippen molar-refractivity contribution in [2.45, 2.75) is 6.54 Å². The van der Waals surface area contributed by atoms with Crippen molar-refractivity contribution >= 4 is 34.7 Å². The molecule has 3 aromatic rings. The van der Waals surface area contributed by atoms with E-state index in [4.69, 9.17) is 4.74 Å². The van der Waals surface area contributed by atoms with Gasteiger partial charge in [-0.1, -0.05) is 42.5 Å². The van der Waals surface area contributed by atoms with E-state index in [9.17, 15) is 9.59 Å². The van der Waals surface area contributed by atoms with Gasteiger partial charge >= 0.3 is 6.16 Å². The van der Waals surface area contributed by atoms with Crippen LogP contribution in [0, 0.1) is 0 Å². The zero-order chi connectivity index (χ0) is 23.4. The van der Waals surface area contributed by atoms with Gasteiger partial charge in [-0.15, -0.1) is 0 Å². The lowest BCUT2D eigenvalue weighted by Crippen LogP contribution is -2.12. The van der Waals surface area contributed by atoms with E-state index in [-0.39, 0.29) is 11.7 Å². The number of hydrogen-bond donors (Lipinski definition) is 2. The first-order valence-electron chi connectivity index (χ1n) is 10.5. The van der Waals surface area contributed by atoms with Gasteiger partial charge in [-0.05, 0) is 55.6 Å². The Morgan fingerprint density at radius 1 is 1.00 bits per heavy atom. The van der Waals surface area contributed by atoms with E-state index in [1.165, 1.54) is 7.11 Å². The molecule has 0 radical (unpaired) electrons. The zero-order valence-corrected chi connectivity index (χ0v) is 18.7. The summed E-state index contributed by atoms with van der Waals surface area (Å²) in [5.41, 5.74) is 5.26. The molecule has 0 atom stereocenters. The molecule has 1 heterocycles. The summed E-state index contributed by atoms with van der Waals surface area (Å²) in [6.45, 7) is 0.796. The molecular weight excluding hydrogens is 418 g/mol. The number of hydrogen-bond acceptors (Lipinski definition) is 6. The number of rotatable bonds is 6. The molecule has 0 aromatic heterocycles. The van der Waals surface area contributed by atoms with E-state index in [1.807, 2.05) is 56.6 Å². The number of nitrogens with one attached hydrogen (secondary N) is 2. The van der Waals surface area contributed by atoms with Crippen LogP contribution in [-0.4, -0.2) is 38.2 Å². The molecule has 4 rings (SSSR count). The average Bonchev–Trinajstić information content (AvgIpc) is 3.12. The molecule has 1 amide bonds. The van der Waals surface area contributed by atoms with Crippen molar-refractivity contribution in [2.24, 2.45) is 0 Å². The minimum atomic E-state index is -0.822. The van der Waals surface area contributed by atoms with E-state index in [2.05, 4.69) is 32.4 Å². The highest BCUT2D eigenvalue weighted by Crippen LogP contribution is 2.39. The van der Waals surface area contributed by atoms with Crippen LogP contribution in [-0.2, 0) is 16.1 Å². The summed E-state index contributed by atoms with van der Waals surface area (Å²) in [4.78, 5) is 26.8. The molecule has 33 heavy (non-hydrogen) atoms. The minimum absolute atomic E-state index is 0.240. The van der Waals surface area contributed by atoms with Crippen LogP contribution in [0.3, 0.4) is 0 Å². The van der Waals surface area contributed by atoms with Gasteiger partial charge in [0.1, 0.15) is 5.75 Å². The molecule has 3 aromatic carbocycles. The van der Waals surface area contributed by atoms with E-state index in [0.717, 1.165) is 23.4 Å². The molecule has 0 bridgehead atoms. The fraction of sp³-hybridized carbons (Fsp3) is 0.154. The summed E-state index contributed by atoms with van der Waals surface area (Å²) in [6, 6.07) is 22.7. The van der Waals surface area contributed by atoms with Gasteiger partial charge in [0.25, 0.3) is 5.91 Å². The number of methoxy groups -OCH3 is 1. The van der Waals surface area contributed by atoms with Crippen LogP contribution in [0.1, 0.15) is 16.7 Å². The molecule has 0 saturated heterocycles. The SMILES string of the molecule is COC(=O)Oc1ccc2c(c1)/C(=C(/Nc1cccc(CN(C)C)c1)c1ccccc1)C(=O)N2. The topological polar surface area (TPSA) is 79.9 Å². The van der Waals surface area contributed by atoms with E-state index in [0.29, 0.717) is 22.5 Å². The Hall–Kier alpha value is -4.10. The predicted molar refractivity (Wildman–Crippen MR) is 129 cm³/mol. The van der Waals surface area contributed by atoms with E-state index in [1.54, 1.807) is 18.2 Å². The number of anilines is 2. The van der Waals surface area contributed by atoms with Crippen molar-refractivity contribution in [2.75, 3.05) is 31.8 Å². The standard InChI is InChI=1S/C26H25N3O4/c1-29(2)16-17-8-7-11-19(14-17)27-24(18-9-5-4-6-10-18)23-21-15-20(33-26(31)32-3)12-13-22(21)28-25(23)30/h4-15,27H,16H2,1-3H3,(H,28,30)/b24-23-. The van der Waals surface area contributed by atoms with Gasteiger partial charge in [0.05, 0.1) is 18.4 Å². The van der Waals surface area contributed by atoms with Crippen molar-refractivity contribution in [1.82, 2.24) is 4.90 Å². The second kappa shape index (κ2) is 9.58. The molecular formula is C26H25N3O4. The molecule has 0 aliphatic carbocycles. The van der Waals surface area contributed by atoms with Crippen molar-refractivity contribution in [3.63, 3.8) is 0 Å². The monoisotopic (exact) mass is 443 g/mol. The molecule has 0 fully saturated rings. The highest BCUT2D eigenvalue weighted by molar-refractivity contribution is 6.37. The largest absolute Gasteiger partial charge is 0.513 e. The van der Waals surface area contributed by atoms with Gasteiger partial charge in [-0.25, -0.2) is 4.79 Å². The number of benzene rings is 3. The molecule has 7 heteroatoms. The van der Waals surface area contributed by atoms with Gasteiger partial charge in [0, 0.05) is 23.5 Å². The maximum absolute atomic E-state index is 13.1. The number of nitrogens with zero attached hydrogens (tertiary/aromatic N) is 1. The third kappa shape index (κ3) is 5.05.